The zero-order valence-electron chi connectivity index (χ0n) is 26.6. The van der Waals surface area contributed by atoms with Crippen LogP contribution >= 0.6 is 0 Å². The first-order chi connectivity index (χ1) is 22.4. The number of rotatable bonds is 6. The summed E-state index contributed by atoms with van der Waals surface area (Å²) in [6.45, 7) is 6.71. The van der Waals surface area contributed by atoms with Gasteiger partial charge < -0.3 is 39.7 Å². The smallest absolute Gasteiger partial charge is 0.323 e. The van der Waals surface area contributed by atoms with Gasteiger partial charge in [-0.2, -0.15) is 0 Å². The van der Waals surface area contributed by atoms with Gasteiger partial charge in [0.15, 0.2) is 5.82 Å². The third kappa shape index (κ3) is 6.37. The van der Waals surface area contributed by atoms with Crippen LogP contribution < -0.4 is 20.4 Å². The molecule has 0 spiro atoms. The zero-order chi connectivity index (χ0) is 31.6. The molecule has 0 bridgehead atoms. The standard InChI is InChI=1S/C34H42N8O4/c1-39(2)27-11-13-41(14-12-27)33(43)24-5-9-26(10-6-24)36-34(44)35-25-7-3-23(4-8-25)30-37-31(40-15-18-45-19-16-40)29-21-28-22-46-20-17-42(28)32(29)38-30/h3-10,27-28H,11-22H2,1-2H3,(H2,35,36,44)/t28-/m0/s1. The highest BCUT2D eigenvalue weighted by Crippen LogP contribution is 2.39. The molecule has 2 N–H and O–H groups in total. The number of morpholine rings is 2. The molecule has 2 aromatic carbocycles. The van der Waals surface area contributed by atoms with E-state index < -0.39 is 0 Å². The summed E-state index contributed by atoms with van der Waals surface area (Å²) in [5.74, 6) is 2.69. The molecule has 0 saturated carbocycles. The van der Waals surface area contributed by atoms with Gasteiger partial charge in [-0.1, -0.05) is 0 Å². The van der Waals surface area contributed by atoms with Gasteiger partial charge in [-0.25, -0.2) is 14.8 Å². The van der Waals surface area contributed by atoms with Crippen LogP contribution in [0.2, 0.25) is 0 Å². The molecule has 3 amide bonds. The van der Waals surface area contributed by atoms with Crippen LogP contribution in [0.25, 0.3) is 11.4 Å². The van der Waals surface area contributed by atoms with Gasteiger partial charge in [0.05, 0.1) is 32.5 Å². The van der Waals surface area contributed by atoms with Crippen LogP contribution in [0.4, 0.5) is 27.8 Å². The van der Waals surface area contributed by atoms with E-state index in [4.69, 9.17) is 19.4 Å². The number of carbonyl (C=O) groups excluding carboxylic acids is 2. The normalized spacial score (nSPS) is 20.0. The number of urea groups is 1. The minimum Gasteiger partial charge on any atom is -0.378 e. The molecule has 1 atom stereocenters. The Morgan fingerprint density at radius 3 is 2.11 bits per heavy atom. The molecule has 0 unspecified atom stereocenters. The molecule has 4 aliphatic rings. The molecule has 4 aliphatic heterocycles. The number of nitrogens with zero attached hydrogens (tertiary/aromatic N) is 6. The van der Waals surface area contributed by atoms with Gasteiger partial charge in [0.2, 0.25) is 0 Å². The number of benzene rings is 2. The summed E-state index contributed by atoms with van der Waals surface area (Å²) < 4.78 is 11.4. The van der Waals surface area contributed by atoms with E-state index in [1.165, 1.54) is 5.56 Å². The lowest BCUT2D eigenvalue weighted by Crippen LogP contribution is -2.44. The Kier molecular flexibility index (Phi) is 8.74. The van der Waals surface area contributed by atoms with Crippen LogP contribution in [0, 0.1) is 0 Å². The molecule has 12 nitrogen and oxygen atoms in total. The van der Waals surface area contributed by atoms with Crippen LogP contribution in [0.15, 0.2) is 48.5 Å². The Balaban J connectivity index is 0.996. The molecule has 1 aromatic heterocycles. The van der Waals surface area contributed by atoms with Crippen molar-refractivity contribution in [3.05, 3.63) is 59.7 Å². The van der Waals surface area contributed by atoms with Crippen molar-refractivity contribution in [3.63, 3.8) is 0 Å². The highest BCUT2D eigenvalue weighted by Gasteiger charge is 2.37. The summed E-state index contributed by atoms with van der Waals surface area (Å²) in [4.78, 5) is 44.7. The third-order valence-corrected chi connectivity index (χ3v) is 9.49. The Morgan fingerprint density at radius 2 is 1.43 bits per heavy atom. The number of aromatic nitrogens is 2. The van der Waals surface area contributed by atoms with Gasteiger partial charge >= 0.3 is 6.03 Å². The van der Waals surface area contributed by atoms with E-state index in [0.717, 1.165) is 69.2 Å². The number of fused-ring (bicyclic) bond motifs is 3. The molecule has 0 aliphatic carbocycles. The lowest BCUT2D eigenvalue weighted by Gasteiger charge is -2.35. The quantitative estimate of drug-likeness (QED) is 0.424. The number of hydrogen-bond acceptors (Lipinski definition) is 9. The maximum atomic E-state index is 13.0. The minimum absolute atomic E-state index is 0.0301. The van der Waals surface area contributed by atoms with Crippen molar-refractivity contribution < 1.29 is 19.1 Å². The average Bonchev–Trinajstić information content (AvgIpc) is 3.47. The number of nitrogens with one attached hydrogen (secondary N) is 2. The first-order valence-electron chi connectivity index (χ1n) is 16.2. The van der Waals surface area contributed by atoms with Crippen molar-refractivity contribution in [3.8, 4) is 11.4 Å². The van der Waals surface area contributed by atoms with Crippen LogP contribution in [0.3, 0.4) is 0 Å². The second kappa shape index (κ2) is 13.2. The van der Waals surface area contributed by atoms with E-state index in [0.29, 0.717) is 61.3 Å². The van der Waals surface area contributed by atoms with Gasteiger partial charge in [-0.3, -0.25) is 4.79 Å². The van der Waals surface area contributed by atoms with Crippen LogP contribution in [-0.4, -0.2) is 117 Å². The number of ether oxygens (including phenoxy) is 2. The van der Waals surface area contributed by atoms with Crippen molar-refractivity contribution in [1.82, 2.24) is 19.8 Å². The summed E-state index contributed by atoms with van der Waals surface area (Å²) in [7, 11) is 4.18. The second-order valence-electron chi connectivity index (χ2n) is 12.6. The molecular formula is C34H42N8O4. The van der Waals surface area contributed by atoms with Crippen molar-refractivity contribution in [2.75, 3.05) is 93.7 Å². The fourth-order valence-electron chi connectivity index (χ4n) is 6.85. The molecule has 242 valence electrons. The Hall–Kier alpha value is -4.26. The SMILES string of the molecule is CN(C)C1CCN(C(=O)c2ccc(NC(=O)Nc3ccc(-c4nc(N5CCOCC5)c5c(n4)N4CCOC[C@@H]4C5)cc3)cc2)CC1. The summed E-state index contributed by atoms with van der Waals surface area (Å²) in [6.07, 6.45) is 2.84. The largest absolute Gasteiger partial charge is 0.378 e. The summed E-state index contributed by atoms with van der Waals surface area (Å²) in [6, 6.07) is 15.1. The zero-order valence-corrected chi connectivity index (χ0v) is 26.6. The average molecular weight is 627 g/mol. The monoisotopic (exact) mass is 626 g/mol. The van der Waals surface area contributed by atoms with Crippen LogP contribution in [0.1, 0.15) is 28.8 Å². The van der Waals surface area contributed by atoms with Crippen LogP contribution in [0.5, 0.6) is 0 Å². The maximum absolute atomic E-state index is 13.0. The van der Waals surface area contributed by atoms with Crippen molar-refractivity contribution >= 4 is 34.9 Å². The predicted octanol–water partition coefficient (Wildman–Crippen LogP) is 3.55. The van der Waals surface area contributed by atoms with E-state index in [2.05, 4.69) is 39.4 Å². The Labute approximate surface area is 269 Å². The number of anilines is 4. The number of likely N-dealkylation sites (tertiary alicyclic amines) is 1. The summed E-state index contributed by atoms with van der Waals surface area (Å²) in [5, 5.41) is 5.76. The van der Waals surface area contributed by atoms with E-state index in [1.807, 2.05) is 29.2 Å². The van der Waals surface area contributed by atoms with E-state index in [9.17, 15) is 9.59 Å². The molecular weight excluding hydrogens is 584 g/mol. The molecule has 3 aromatic rings. The number of piperidine rings is 1. The van der Waals surface area contributed by atoms with Crippen molar-refractivity contribution in [2.24, 2.45) is 0 Å². The lowest BCUT2D eigenvalue weighted by molar-refractivity contribution is 0.0663. The predicted molar refractivity (Wildman–Crippen MR) is 178 cm³/mol. The number of carbonyl (C=O) groups is 2. The molecule has 3 saturated heterocycles. The summed E-state index contributed by atoms with van der Waals surface area (Å²) >= 11 is 0. The molecule has 7 rings (SSSR count). The van der Waals surface area contributed by atoms with Gasteiger partial charge in [-0.05, 0) is 75.5 Å². The lowest BCUT2D eigenvalue weighted by atomic mass is 10.0. The molecule has 5 heterocycles. The van der Waals surface area contributed by atoms with Gasteiger partial charge in [0.1, 0.15) is 11.6 Å². The first-order valence-corrected chi connectivity index (χ1v) is 16.2. The van der Waals surface area contributed by atoms with Gasteiger partial charge in [0, 0.05) is 73.3 Å². The van der Waals surface area contributed by atoms with Crippen LogP contribution in [-0.2, 0) is 15.9 Å². The van der Waals surface area contributed by atoms with Crippen molar-refractivity contribution in [2.45, 2.75) is 31.3 Å². The minimum atomic E-state index is -0.362. The first kappa shape index (κ1) is 30.4. The van der Waals surface area contributed by atoms with Gasteiger partial charge in [-0.15, -0.1) is 0 Å². The van der Waals surface area contributed by atoms with E-state index in [1.54, 1.807) is 24.3 Å². The summed E-state index contributed by atoms with van der Waals surface area (Å²) in [5.41, 5.74) is 3.96. The fourth-order valence-corrected chi connectivity index (χ4v) is 6.85. The second-order valence-corrected chi connectivity index (χ2v) is 12.6. The topological polar surface area (TPSA) is 115 Å². The molecule has 12 heteroatoms. The molecule has 46 heavy (non-hydrogen) atoms. The molecule has 3 fully saturated rings. The van der Waals surface area contributed by atoms with E-state index >= 15 is 0 Å². The van der Waals surface area contributed by atoms with Gasteiger partial charge in [0.25, 0.3) is 5.91 Å². The highest BCUT2D eigenvalue weighted by atomic mass is 16.5. The molecule has 0 radical (unpaired) electrons. The Morgan fingerprint density at radius 1 is 0.804 bits per heavy atom. The fraction of sp³-hybridized carbons (Fsp3) is 0.471. The van der Waals surface area contributed by atoms with Crippen molar-refractivity contribution in [1.29, 1.82) is 0 Å². The van der Waals surface area contributed by atoms with E-state index in [-0.39, 0.29) is 11.9 Å². The Bertz CT molecular complexity index is 1550. The third-order valence-electron chi connectivity index (χ3n) is 9.49. The number of amides is 3. The number of hydrogen-bond donors (Lipinski definition) is 2. The highest BCUT2D eigenvalue weighted by molar-refractivity contribution is 6.00. The maximum Gasteiger partial charge on any atom is 0.323 e.